The highest BCUT2D eigenvalue weighted by atomic mass is 16.3. The highest BCUT2D eigenvalue weighted by Crippen LogP contribution is 2.70. The Bertz CT molecular complexity index is 548. The lowest BCUT2D eigenvalue weighted by Gasteiger charge is -2.63. The van der Waals surface area contributed by atoms with Gasteiger partial charge in [0.2, 0.25) is 0 Å². The van der Waals surface area contributed by atoms with Gasteiger partial charge >= 0.3 is 0 Å². The number of hydrogen-bond donors (Lipinski definition) is 1. The van der Waals surface area contributed by atoms with Gasteiger partial charge in [0.15, 0.2) is 0 Å². The van der Waals surface area contributed by atoms with Gasteiger partial charge in [-0.05, 0) is 54.8 Å². The molecular formula is C20H30O2. The maximum absolute atomic E-state index is 13.2. The predicted molar refractivity (Wildman–Crippen MR) is 87.3 cm³/mol. The van der Waals surface area contributed by atoms with Crippen LogP contribution in [0.2, 0.25) is 0 Å². The number of carbonyl (C=O) groups is 1. The molecule has 4 fully saturated rings. The molecule has 4 aliphatic carbocycles. The van der Waals surface area contributed by atoms with E-state index in [9.17, 15) is 9.90 Å². The Balaban J connectivity index is 1.84. The van der Waals surface area contributed by atoms with Gasteiger partial charge in [-0.2, -0.15) is 0 Å². The molecule has 0 heterocycles. The average Bonchev–Trinajstić information content (AvgIpc) is 2.58. The summed E-state index contributed by atoms with van der Waals surface area (Å²) in [7, 11) is 0. The zero-order valence-corrected chi connectivity index (χ0v) is 14.3. The van der Waals surface area contributed by atoms with E-state index in [1.54, 1.807) is 0 Å². The van der Waals surface area contributed by atoms with E-state index in [1.807, 2.05) is 0 Å². The predicted octanol–water partition coefficient (Wildman–Crippen LogP) is 4.13. The Hall–Kier alpha value is -0.630. The molecule has 0 saturated heterocycles. The van der Waals surface area contributed by atoms with Gasteiger partial charge in [0.05, 0.1) is 11.5 Å². The second kappa shape index (κ2) is 4.26. The molecule has 0 amide bonds. The quantitative estimate of drug-likeness (QED) is 0.683. The molecule has 6 atom stereocenters. The monoisotopic (exact) mass is 302 g/mol. The Morgan fingerprint density at radius 3 is 2.59 bits per heavy atom. The molecule has 0 aromatic rings. The first-order valence-corrected chi connectivity index (χ1v) is 9.12. The van der Waals surface area contributed by atoms with Crippen molar-refractivity contribution in [2.75, 3.05) is 0 Å². The maximum Gasteiger partial charge on any atom is 0.142 e. The summed E-state index contributed by atoms with van der Waals surface area (Å²) in [6, 6.07) is 0. The number of rotatable bonds is 0. The lowest BCUT2D eigenvalue weighted by atomic mass is 9.40. The molecule has 6 unspecified atom stereocenters. The number of fused-ring (bicyclic) bond motifs is 3. The Labute approximate surface area is 134 Å². The number of ketones is 1. The van der Waals surface area contributed by atoms with Gasteiger partial charge in [-0.3, -0.25) is 4.79 Å². The van der Waals surface area contributed by atoms with E-state index in [0.717, 1.165) is 24.8 Å². The second-order valence-electron chi connectivity index (χ2n) is 9.58. The van der Waals surface area contributed by atoms with Crippen molar-refractivity contribution in [1.29, 1.82) is 0 Å². The van der Waals surface area contributed by atoms with Crippen molar-refractivity contribution < 1.29 is 9.90 Å². The number of aliphatic hydroxyl groups is 1. The van der Waals surface area contributed by atoms with Crippen molar-refractivity contribution in [3.63, 3.8) is 0 Å². The topological polar surface area (TPSA) is 37.3 Å². The van der Waals surface area contributed by atoms with E-state index >= 15 is 0 Å². The fourth-order valence-electron chi connectivity index (χ4n) is 7.33. The summed E-state index contributed by atoms with van der Waals surface area (Å²) < 4.78 is 0. The van der Waals surface area contributed by atoms with Gasteiger partial charge in [-0.1, -0.05) is 39.3 Å². The molecule has 0 aromatic heterocycles. The van der Waals surface area contributed by atoms with Crippen LogP contribution in [-0.4, -0.2) is 17.0 Å². The van der Waals surface area contributed by atoms with Crippen LogP contribution in [0, 0.1) is 34.0 Å². The summed E-state index contributed by atoms with van der Waals surface area (Å²) in [5, 5.41) is 11.0. The van der Waals surface area contributed by atoms with Crippen LogP contribution >= 0.6 is 0 Å². The first kappa shape index (κ1) is 14.9. The standard InChI is InChI=1S/C20H30O2/c1-12-11-20-14(7-6-13(12)17(20)22)19(4)9-5-8-18(2,3)15(19)10-16(20)21/h13-15,17,22H,1,5-11H2,2-4H3. The van der Waals surface area contributed by atoms with Crippen molar-refractivity contribution in [2.45, 2.75) is 71.8 Å². The van der Waals surface area contributed by atoms with Crippen LogP contribution in [0.4, 0.5) is 0 Å². The third-order valence-corrected chi connectivity index (χ3v) is 8.32. The van der Waals surface area contributed by atoms with Gasteiger partial charge in [-0.25, -0.2) is 0 Å². The molecule has 4 saturated carbocycles. The van der Waals surface area contributed by atoms with E-state index < -0.39 is 11.5 Å². The first-order valence-electron chi connectivity index (χ1n) is 9.12. The van der Waals surface area contributed by atoms with E-state index in [-0.39, 0.29) is 16.7 Å². The SMILES string of the molecule is C=C1CC23C(=O)CC4C(C)(C)CCCC4(C)C2CCC1C3O. The highest BCUT2D eigenvalue weighted by Gasteiger charge is 2.69. The molecule has 1 spiro atoms. The lowest BCUT2D eigenvalue weighted by molar-refractivity contribution is -0.189. The molecule has 0 aliphatic heterocycles. The normalized spacial score (nSPS) is 53.1. The molecule has 4 aliphatic rings. The van der Waals surface area contributed by atoms with E-state index in [1.165, 1.54) is 19.3 Å². The average molecular weight is 302 g/mol. The Kier molecular flexibility index (Phi) is 2.89. The Morgan fingerprint density at radius 2 is 1.86 bits per heavy atom. The third kappa shape index (κ3) is 1.53. The summed E-state index contributed by atoms with van der Waals surface area (Å²) in [6.07, 6.45) is 6.83. The minimum atomic E-state index is -0.487. The van der Waals surface area contributed by atoms with Gasteiger partial charge in [0, 0.05) is 12.3 Å². The number of aliphatic hydroxyl groups excluding tert-OH is 1. The van der Waals surface area contributed by atoms with Crippen LogP contribution in [-0.2, 0) is 4.79 Å². The molecule has 2 nitrogen and oxygen atoms in total. The molecule has 2 bridgehead atoms. The van der Waals surface area contributed by atoms with Crippen LogP contribution in [0.1, 0.15) is 65.7 Å². The smallest absolute Gasteiger partial charge is 0.142 e. The number of hydrogen-bond acceptors (Lipinski definition) is 2. The van der Waals surface area contributed by atoms with Crippen LogP contribution in [0.15, 0.2) is 12.2 Å². The molecule has 122 valence electrons. The minimum Gasteiger partial charge on any atom is -0.391 e. The lowest BCUT2D eigenvalue weighted by Crippen LogP contribution is -2.63. The molecule has 2 heteroatoms. The summed E-state index contributed by atoms with van der Waals surface area (Å²) in [4.78, 5) is 13.2. The van der Waals surface area contributed by atoms with Crippen molar-refractivity contribution >= 4 is 5.78 Å². The van der Waals surface area contributed by atoms with E-state index in [4.69, 9.17) is 0 Å². The van der Waals surface area contributed by atoms with Crippen LogP contribution in [0.25, 0.3) is 0 Å². The zero-order chi connectivity index (χ0) is 15.9. The molecule has 22 heavy (non-hydrogen) atoms. The Morgan fingerprint density at radius 1 is 1.14 bits per heavy atom. The largest absolute Gasteiger partial charge is 0.391 e. The van der Waals surface area contributed by atoms with Crippen molar-refractivity contribution in [3.8, 4) is 0 Å². The molecule has 1 N–H and O–H groups in total. The molecular weight excluding hydrogens is 272 g/mol. The van der Waals surface area contributed by atoms with Crippen LogP contribution < -0.4 is 0 Å². The van der Waals surface area contributed by atoms with Crippen LogP contribution in [0.3, 0.4) is 0 Å². The first-order chi connectivity index (χ1) is 10.2. The van der Waals surface area contributed by atoms with Gasteiger partial charge in [0.25, 0.3) is 0 Å². The summed E-state index contributed by atoms with van der Waals surface area (Å²) >= 11 is 0. The van der Waals surface area contributed by atoms with E-state index in [0.29, 0.717) is 24.0 Å². The summed E-state index contributed by atoms with van der Waals surface area (Å²) in [6.45, 7) is 11.4. The maximum atomic E-state index is 13.2. The van der Waals surface area contributed by atoms with Crippen molar-refractivity contribution in [2.24, 2.45) is 34.0 Å². The van der Waals surface area contributed by atoms with Crippen molar-refractivity contribution in [3.05, 3.63) is 12.2 Å². The summed E-state index contributed by atoms with van der Waals surface area (Å²) in [5.74, 6) is 1.37. The van der Waals surface area contributed by atoms with Gasteiger partial charge < -0.3 is 5.11 Å². The third-order valence-electron chi connectivity index (χ3n) is 8.32. The fourth-order valence-corrected chi connectivity index (χ4v) is 7.33. The molecule has 0 aromatic carbocycles. The van der Waals surface area contributed by atoms with Crippen molar-refractivity contribution in [1.82, 2.24) is 0 Å². The van der Waals surface area contributed by atoms with Crippen LogP contribution in [0.5, 0.6) is 0 Å². The number of carbonyl (C=O) groups excluding carboxylic acids is 1. The minimum absolute atomic E-state index is 0.178. The van der Waals surface area contributed by atoms with Gasteiger partial charge in [-0.15, -0.1) is 0 Å². The highest BCUT2D eigenvalue weighted by molar-refractivity contribution is 5.89. The molecule has 4 rings (SSSR count). The zero-order valence-electron chi connectivity index (χ0n) is 14.3. The fraction of sp³-hybridized carbons (Fsp3) is 0.850. The summed E-state index contributed by atoms with van der Waals surface area (Å²) in [5.41, 5.74) is 1.12. The van der Waals surface area contributed by atoms with E-state index in [2.05, 4.69) is 27.4 Å². The number of Topliss-reactive ketones (excluding diaryl/α,β-unsaturated/α-hetero) is 1. The van der Waals surface area contributed by atoms with Gasteiger partial charge in [0.1, 0.15) is 5.78 Å². The molecule has 0 radical (unpaired) electrons. The second-order valence-corrected chi connectivity index (χ2v) is 9.58.